The van der Waals surface area contributed by atoms with E-state index < -0.39 is 5.97 Å². The Hall–Kier alpha value is -3.12. The number of benzene rings is 2. The largest absolute Gasteiger partial charge is 0.478 e. The molecular formula is C28H33N3O3. The first-order valence-electron chi connectivity index (χ1n) is 12.3. The number of likely N-dealkylation sites (N-methyl/N-ethyl adjacent to an activating group) is 1. The Bertz CT molecular complexity index is 1240. The first kappa shape index (κ1) is 22.7. The predicted octanol–water partition coefficient (Wildman–Crippen LogP) is 4.96. The third-order valence-corrected chi connectivity index (χ3v) is 7.40. The van der Waals surface area contributed by atoms with Gasteiger partial charge in [-0.05, 0) is 56.1 Å². The molecule has 178 valence electrons. The van der Waals surface area contributed by atoms with Crippen LogP contribution in [0.15, 0.2) is 42.5 Å². The van der Waals surface area contributed by atoms with Crippen LogP contribution in [0.2, 0.25) is 0 Å². The van der Waals surface area contributed by atoms with Gasteiger partial charge in [-0.15, -0.1) is 0 Å². The zero-order chi connectivity index (χ0) is 23.8. The molecule has 1 saturated carbocycles. The van der Waals surface area contributed by atoms with Gasteiger partial charge < -0.3 is 19.5 Å². The van der Waals surface area contributed by atoms with Crippen LogP contribution >= 0.6 is 0 Å². The average molecular weight is 460 g/mol. The zero-order valence-corrected chi connectivity index (χ0v) is 20.1. The molecule has 0 saturated heterocycles. The van der Waals surface area contributed by atoms with Crippen LogP contribution in [0.5, 0.6) is 0 Å². The van der Waals surface area contributed by atoms with Crippen molar-refractivity contribution in [2.24, 2.45) is 0 Å². The van der Waals surface area contributed by atoms with Crippen molar-refractivity contribution >= 4 is 22.8 Å². The second kappa shape index (κ2) is 9.26. The summed E-state index contributed by atoms with van der Waals surface area (Å²) < 4.78 is 2.29. The lowest BCUT2D eigenvalue weighted by molar-refractivity contribution is -0.132. The van der Waals surface area contributed by atoms with Gasteiger partial charge in [-0.2, -0.15) is 0 Å². The molecule has 2 heterocycles. The van der Waals surface area contributed by atoms with E-state index in [4.69, 9.17) is 0 Å². The van der Waals surface area contributed by atoms with Crippen molar-refractivity contribution in [3.8, 4) is 11.3 Å². The molecule has 2 aromatic carbocycles. The van der Waals surface area contributed by atoms with Crippen molar-refractivity contribution in [2.45, 2.75) is 51.1 Å². The summed E-state index contributed by atoms with van der Waals surface area (Å²) >= 11 is 0. The Morgan fingerprint density at radius 1 is 1.03 bits per heavy atom. The number of nitrogens with zero attached hydrogens (tertiary/aromatic N) is 3. The Morgan fingerprint density at radius 3 is 2.53 bits per heavy atom. The van der Waals surface area contributed by atoms with Gasteiger partial charge in [0.2, 0.25) is 5.91 Å². The fraction of sp³-hybridized carbons (Fsp3) is 0.429. The maximum absolute atomic E-state index is 13.1. The third-order valence-electron chi connectivity index (χ3n) is 7.40. The number of aromatic nitrogens is 1. The van der Waals surface area contributed by atoms with Crippen LogP contribution in [0.3, 0.4) is 0 Å². The zero-order valence-electron chi connectivity index (χ0n) is 20.1. The summed E-state index contributed by atoms with van der Waals surface area (Å²) in [5.41, 5.74) is 6.17. The van der Waals surface area contributed by atoms with Crippen LogP contribution in [0.1, 0.15) is 59.5 Å². The number of rotatable bonds is 4. The summed E-state index contributed by atoms with van der Waals surface area (Å²) in [5, 5.41) is 10.9. The Labute approximate surface area is 200 Å². The van der Waals surface area contributed by atoms with E-state index in [9.17, 15) is 14.7 Å². The second-order valence-electron chi connectivity index (χ2n) is 10.00. The van der Waals surface area contributed by atoms with Crippen LogP contribution in [0, 0.1) is 0 Å². The van der Waals surface area contributed by atoms with Gasteiger partial charge in [0.1, 0.15) is 0 Å². The van der Waals surface area contributed by atoms with Gasteiger partial charge in [-0.1, -0.05) is 49.6 Å². The minimum atomic E-state index is -0.911. The van der Waals surface area contributed by atoms with Gasteiger partial charge >= 0.3 is 5.97 Å². The molecule has 6 heteroatoms. The molecule has 3 aromatic rings. The van der Waals surface area contributed by atoms with Gasteiger partial charge in [0.05, 0.1) is 17.8 Å². The summed E-state index contributed by atoms with van der Waals surface area (Å²) in [6.07, 6.45) is 6.09. The van der Waals surface area contributed by atoms with Crippen molar-refractivity contribution in [2.75, 3.05) is 27.2 Å². The molecular weight excluding hydrogens is 426 g/mol. The molecule has 1 fully saturated rings. The first-order valence-corrected chi connectivity index (χ1v) is 12.3. The van der Waals surface area contributed by atoms with E-state index in [0.29, 0.717) is 37.7 Å². The van der Waals surface area contributed by atoms with E-state index in [1.54, 1.807) is 6.07 Å². The molecule has 5 rings (SSSR count). The van der Waals surface area contributed by atoms with Crippen LogP contribution in [0.25, 0.3) is 22.2 Å². The average Bonchev–Trinajstić information content (AvgIpc) is 3.13. The van der Waals surface area contributed by atoms with E-state index in [1.165, 1.54) is 48.9 Å². The number of carboxylic acids is 1. The molecule has 1 aromatic heterocycles. The minimum absolute atomic E-state index is 0.110. The molecule has 2 aliphatic rings. The fourth-order valence-electron chi connectivity index (χ4n) is 5.81. The van der Waals surface area contributed by atoms with Gasteiger partial charge in [0.25, 0.3) is 0 Å². The van der Waals surface area contributed by atoms with Crippen molar-refractivity contribution in [3.63, 3.8) is 0 Å². The van der Waals surface area contributed by atoms with Gasteiger partial charge in [0.15, 0.2) is 0 Å². The van der Waals surface area contributed by atoms with Gasteiger partial charge in [-0.3, -0.25) is 4.79 Å². The standard InChI is InChI=1S/C28H33N3O3/c1-29(2)18-25(32)30-14-15-31-24-16-20(28(33)34)12-13-23(24)26(19-8-4-3-5-9-19)27(31)22-11-7-6-10-21(22)17-30/h6-7,10-13,16,19H,3-5,8-9,14-15,17-18H2,1-2H3,(H,33,34). The highest BCUT2D eigenvalue weighted by atomic mass is 16.4. The topological polar surface area (TPSA) is 65.8 Å². The van der Waals surface area contributed by atoms with Crippen molar-refractivity contribution in [1.82, 2.24) is 14.4 Å². The number of carbonyl (C=O) groups is 2. The summed E-state index contributed by atoms with van der Waals surface area (Å²) in [4.78, 5) is 28.7. The molecule has 1 amide bonds. The lowest BCUT2D eigenvalue weighted by atomic mass is 9.81. The van der Waals surface area contributed by atoms with Gasteiger partial charge in [-0.25, -0.2) is 4.79 Å². The number of carboxylic acid groups (broad SMARTS) is 1. The number of amides is 1. The molecule has 0 unspecified atom stereocenters. The lowest BCUT2D eigenvalue weighted by Gasteiger charge is -2.30. The summed E-state index contributed by atoms with van der Waals surface area (Å²) in [5.74, 6) is -0.328. The molecule has 6 nitrogen and oxygen atoms in total. The van der Waals surface area contributed by atoms with Crippen LogP contribution < -0.4 is 0 Å². The van der Waals surface area contributed by atoms with E-state index >= 15 is 0 Å². The number of aromatic carboxylic acids is 1. The highest BCUT2D eigenvalue weighted by Gasteiger charge is 2.30. The molecule has 1 N–H and O–H groups in total. The summed E-state index contributed by atoms with van der Waals surface area (Å²) in [6, 6.07) is 14.0. The molecule has 0 radical (unpaired) electrons. The lowest BCUT2D eigenvalue weighted by Crippen LogP contribution is -2.40. The van der Waals surface area contributed by atoms with Crippen LogP contribution in [0.4, 0.5) is 0 Å². The Morgan fingerprint density at radius 2 is 1.79 bits per heavy atom. The summed E-state index contributed by atoms with van der Waals surface area (Å²) in [6.45, 7) is 2.21. The number of hydrogen-bond acceptors (Lipinski definition) is 3. The SMILES string of the molecule is CN(C)CC(=O)N1CCn2c(c(C3CCCCC3)c3ccc(C(=O)O)cc32)-c2ccccc2C1. The van der Waals surface area contributed by atoms with E-state index in [0.717, 1.165) is 16.5 Å². The Balaban J connectivity index is 1.73. The molecule has 0 atom stereocenters. The molecule has 1 aliphatic carbocycles. The van der Waals surface area contributed by atoms with Crippen LogP contribution in [-0.2, 0) is 17.9 Å². The third kappa shape index (κ3) is 4.11. The number of fused-ring (bicyclic) bond motifs is 5. The molecule has 0 spiro atoms. The van der Waals surface area contributed by atoms with Crippen LogP contribution in [-0.4, -0.2) is 58.5 Å². The van der Waals surface area contributed by atoms with Crippen molar-refractivity contribution in [3.05, 3.63) is 59.2 Å². The molecule has 0 bridgehead atoms. The predicted molar refractivity (Wildman–Crippen MR) is 134 cm³/mol. The molecule has 34 heavy (non-hydrogen) atoms. The highest BCUT2D eigenvalue weighted by molar-refractivity contribution is 5.98. The van der Waals surface area contributed by atoms with E-state index in [-0.39, 0.29) is 5.91 Å². The molecule has 1 aliphatic heterocycles. The first-order chi connectivity index (χ1) is 16.4. The fourth-order valence-corrected chi connectivity index (χ4v) is 5.81. The van der Waals surface area contributed by atoms with Gasteiger partial charge in [0, 0.05) is 36.1 Å². The highest BCUT2D eigenvalue weighted by Crippen LogP contribution is 2.45. The van der Waals surface area contributed by atoms with Crippen molar-refractivity contribution < 1.29 is 14.7 Å². The van der Waals surface area contributed by atoms with E-state index in [1.807, 2.05) is 42.1 Å². The minimum Gasteiger partial charge on any atom is -0.478 e. The second-order valence-corrected chi connectivity index (χ2v) is 10.00. The van der Waals surface area contributed by atoms with E-state index in [2.05, 4.69) is 22.8 Å². The Kier molecular flexibility index (Phi) is 6.17. The normalized spacial score (nSPS) is 16.7. The van der Waals surface area contributed by atoms with Crippen molar-refractivity contribution in [1.29, 1.82) is 0 Å². The quantitative estimate of drug-likeness (QED) is 0.599. The number of carbonyl (C=O) groups excluding carboxylic acids is 1. The summed E-state index contributed by atoms with van der Waals surface area (Å²) in [7, 11) is 3.83. The number of hydrogen-bond donors (Lipinski definition) is 1. The maximum atomic E-state index is 13.1. The monoisotopic (exact) mass is 459 g/mol. The smallest absolute Gasteiger partial charge is 0.335 e. The maximum Gasteiger partial charge on any atom is 0.335 e.